The summed E-state index contributed by atoms with van der Waals surface area (Å²) in [4.78, 5) is 20.7. The van der Waals surface area contributed by atoms with Crippen molar-refractivity contribution >= 4 is 17.3 Å². The summed E-state index contributed by atoms with van der Waals surface area (Å²) in [5.41, 5.74) is 0.00537. The van der Waals surface area contributed by atoms with E-state index in [1.165, 1.54) is 42.5 Å². The largest absolute Gasteiger partial charge is 0.416 e. The molecule has 1 amide bonds. The molecule has 0 saturated carbocycles. The quantitative estimate of drug-likeness (QED) is 0.230. The van der Waals surface area contributed by atoms with E-state index >= 15 is 0 Å². The van der Waals surface area contributed by atoms with Gasteiger partial charge in [-0.25, -0.2) is 4.98 Å². The first-order valence-electron chi connectivity index (χ1n) is 12.3. The molecule has 1 saturated heterocycles. The molecule has 4 rings (SSSR count). The number of carbonyl (C=O) groups excluding carboxylic acids is 1. The predicted octanol–water partition coefficient (Wildman–Crippen LogP) is 5.95. The summed E-state index contributed by atoms with van der Waals surface area (Å²) in [6.07, 6.45) is -3.22. The third-order valence-corrected chi connectivity index (χ3v) is 6.48. The number of amides is 1. The molecule has 1 fully saturated rings. The zero-order chi connectivity index (χ0) is 28.9. The number of nitrogens with zero attached hydrogens (tertiary/aromatic N) is 3. The van der Waals surface area contributed by atoms with Crippen molar-refractivity contribution < 1.29 is 36.2 Å². The molecule has 0 bridgehead atoms. The first kappa shape index (κ1) is 28.9. The molecule has 1 aliphatic rings. The van der Waals surface area contributed by atoms with Crippen molar-refractivity contribution in [2.45, 2.75) is 19.0 Å². The van der Waals surface area contributed by atoms with Gasteiger partial charge in [-0.15, -0.1) is 0 Å². The molecule has 0 aliphatic carbocycles. The fraction of sp³-hybridized carbons (Fsp3) is 0.241. The molecule has 5 nitrogen and oxygen atoms in total. The molecule has 0 unspecified atom stereocenters. The van der Waals surface area contributed by atoms with E-state index in [0.29, 0.717) is 54.3 Å². The number of hydrogen-bond acceptors (Lipinski definition) is 4. The maximum atomic E-state index is 13.0. The highest BCUT2D eigenvalue weighted by molar-refractivity contribution is 5.89. The van der Waals surface area contributed by atoms with Gasteiger partial charge in [0.05, 0.1) is 17.7 Å². The smallest absolute Gasteiger partial charge is 0.392 e. The predicted molar refractivity (Wildman–Crippen MR) is 138 cm³/mol. The Balaban J connectivity index is 1.52. The molecule has 0 radical (unpaired) electrons. The molecule has 0 spiro atoms. The maximum absolute atomic E-state index is 13.0. The minimum Gasteiger partial charge on any atom is -0.392 e. The Bertz CT molecular complexity index is 1310. The van der Waals surface area contributed by atoms with Crippen LogP contribution < -0.4 is 4.90 Å². The van der Waals surface area contributed by atoms with Crippen LogP contribution in [0.1, 0.15) is 27.8 Å². The third kappa shape index (κ3) is 6.90. The molecule has 1 aromatic heterocycles. The Hall–Kier alpha value is -4.12. The fourth-order valence-electron chi connectivity index (χ4n) is 4.35. The van der Waals surface area contributed by atoms with Crippen LogP contribution in [0.4, 0.5) is 32.2 Å². The standard InChI is InChI=1S/C29H25F6N3O2/c30-28(31,32)23-10-6-20(7-11-23)25(21-8-12-24(13-9-21)29(33,34)35)4-1-5-26(40)37-15-17-38(18-16-37)27-22(19-39)3-2-14-36-27/h1-14,39H,15-19H2/b5-1+. The van der Waals surface area contributed by atoms with Crippen LogP contribution in [0.2, 0.25) is 0 Å². The topological polar surface area (TPSA) is 56.7 Å². The van der Waals surface area contributed by atoms with E-state index in [9.17, 15) is 36.2 Å². The van der Waals surface area contributed by atoms with Gasteiger partial charge in [0.1, 0.15) is 5.82 Å². The van der Waals surface area contributed by atoms with E-state index < -0.39 is 23.5 Å². The van der Waals surface area contributed by atoms with Crippen molar-refractivity contribution in [3.63, 3.8) is 0 Å². The summed E-state index contributed by atoms with van der Waals surface area (Å²) >= 11 is 0. The van der Waals surface area contributed by atoms with Crippen LogP contribution in [-0.4, -0.2) is 47.1 Å². The number of aromatic nitrogens is 1. The molecule has 2 aromatic carbocycles. The van der Waals surface area contributed by atoms with Crippen LogP contribution in [0.3, 0.4) is 0 Å². The van der Waals surface area contributed by atoms with Crippen molar-refractivity contribution in [1.82, 2.24) is 9.88 Å². The summed E-state index contributed by atoms with van der Waals surface area (Å²) < 4.78 is 78.2. The second-order valence-electron chi connectivity index (χ2n) is 9.05. The van der Waals surface area contributed by atoms with Gasteiger partial charge in [0.15, 0.2) is 0 Å². The van der Waals surface area contributed by atoms with Crippen molar-refractivity contribution in [2.24, 2.45) is 0 Å². The van der Waals surface area contributed by atoms with Gasteiger partial charge in [-0.3, -0.25) is 4.79 Å². The van der Waals surface area contributed by atoms with Crippen LogP contribution in [0.25, 0.3) is 5.57 Å². The maximum Gasteiger partial charge on any atom is 0.416 e. The van der Waals surface area contributed by atoms with E-state index in [2.05, 4.69) is 4.98 Å². The van der Waals surface area contributed by atoms with Gasteiger partial charge in [-0.2, -0.15) is 26.3 Å². The SMILES string of the molecule is O=C(/C=C/C=C(c1ccc(C(F)(F)F)cc1)c1ccc(C(F)(F)F)cc1)N1CCN(c2ncccc2CO)CC1. The van der Waals surface area contributed by atoms with Gasteiger partial charge in [0.25, 0.3) is 0 Å². The Morgan fingerprint density at radius 3 is 1.82 bits per heavy atom. The van der Waals surface area contributed by atoms with Crippen LogP contribution in [0.5, 0.6) is 0 Å². The highest BCUT2D eigenvalue weighted by Crippen LogP contribution is 2.33. The number of piperazine rings is 1. The molecule has 1 N–H and O–H groups in total. The van der Waals surface area contributed by atoms with Gasteiger partial charge >= 0.3 is 12.4 Å². The number of allylic oxidation sites excluding steroid dienone is 2. The number of hydrogen-bond donors (Lipinski definition) is 1. The second kappa shape index (κ2) is 12.0. The molecule has 1 aliphatic heterocycles. The number of rotatable bonds is 6. The number of aliphatic hydroxyl groups is 1. The van der Waals surface area contributed by atoms with Crippen LogP contribution in [0.15, 0.2) is 85.1 Å². The summed E-state index contributed by atoms with van der Waals surface area (Å²) in [5.74, 6) is 0.367. The van der Waals surface area contributed by atoms with E-state index in [4.69, 9.17) is 0 Å². The van der Waals surface area contributed by atoms with Crippen molar-refractivity contribution in [3.05, 3.63) is 113 Å². The van der Waals surface area contributed by atoms with Crippen LogP contribution in [0, 0.1) is 0 Å². The number of halogens is 6. The summed E-state index contributed by atoms with van der Waals surface area (Å²) in [7, 11) is 0. The average Bonchev–Trinajstić information content (AvgIpc) is 2.94. The van der Waals surface area contributed by atoms with Gasteiger partial charge < -0.3 is 14.9 Å². The minimum atomic E-state index is -4.54. The molecule has 0 atom stereocenters. The number of alkyl halides is 6. The Kier molecular flexibility index (Phi) is 8.63. The van der Waals surface area contributed by atoms with Gasteiger partial charge in [-0.1, -0.05) is 42.5 Å². The number of pyridine rings is 1. The molecule has 3 aromatic rings. The van der Waals surface area contributed by atoms with Crippen molar-refractivity contribution in [3.8, 4) is 0 Å². The highest BCUT2D eigenvalue weighted by Gasteiger charge is 2.31. The summed E-state index contributed by atoms with van der Waals surface area (Å²) in [5, 5.41) is 9.55. The number of benzene rings is 2. The fourth-order valence-corrected chi connectivity index (χ4v) is 4.35. The zero-order valence-electron chi connectivity index (χ0n) is 21.1. The zero-order valence-corrected chi connectivity index (χ0v) is 21.1. The molecule has 210 valence electrons. The van der Waals surface area contributed by atoms with Gasteiger partial charge in [-0.05, 0) is 47.0 Å². The van der Waals surface area contributed by atoms with E-state index in [1.807, 2.05) is 4.90 Å². The second-order valence-corrected chi connectivity index (χ2v) is 9.05. The summed E-state index contributed by atoms with van der Waals surface area (Å²) in [6.45, 7) is 1.65. The summed E-state index contributed by atoms with van der Waals surface area (Å²) in [6, 6.07) is 12.0. The lowest BCUT2D eigenvalue weighted by molar-refractivity contribution is -0.138. The monoisotopic (exact) mass is 561 g/mol. The minimum absolute atomic E-state index is 0.155. The van der Waals surface area contributed by atoms with Gasteiger partial charge in [0.2, 0.25) is 5.91 Å². The molecular weight excluding hydrogens is 536 g/mol. The average molecular weight is 562 g/mol. The lowest BCUT2D eigenvalue weighted by Gasteiger charge is -2.35. The normalized spacial score (nSPS) is 14.5. The number of carbonyl (C=O) groups is 1. The van der Waals surface area contributed by atoms with E-state index in [0.717, 1.165) is 24.3 Å². The molecule has 40 heavy (non-hydrogen) atoms. The Labute approximate surface area is 226 Å². The lowest BCUT2D eigenvalue weighted by atomic mass is 9.95. The number of anilines is 1. The first-order chi connectivity index (χ1) is 19.0. The van der Waals surface area contributed by atoms with Crippen molar-refractivity contribution in [2.75, 3.05) is 31.1 Å². The number of aliphatic hydroxyl groups excluding tert-OH is 1. The van der Waals surface area contributed by atoms with Crippen LogP contribution in [-0.2, 0) is 23.8 Å². The molecule has 11 heteroatoms. The van der Waals surface area contributed by atoms with E-state index in [1.54, 1.807) is 23.2 Å². The van der Waals surface area contributed by atoms with Gasteiger partial charge in [0, 0.05) is 44.0 Å². The first-order valence-corrected chi connectivity index (χ1v) is 12.3. The van der Waals surface area contributed by atoms with E-state index in [-0.39, 0.29) is 12.5 Å². The Morgan fingerprint density at radius 2 is 1.35 bits per heavy atom. The van der Waals surface area contributed by atoms with Crippen molar-refractivity contribution in [1.29, 1.82) is 0 Å². The molecule has 2 heterocycles. The van der Waals surface area contributed by atoms with Crippen LogP contribution >= 0.6 is 0 Å². The molecular formula is C29H25F6N3O2. The Morgan fingerprint density at radius 1 is 0.825 bits per heavy atom. The third-order valence-electron chi connectivity index (χ3n) is 6.48. The lowest BCUT2D eigenvalue weighted by Crippen LogP contribution is -2.48. The highest BCUT2D eigenvalue weighted by atomic mass is 19.4.